The molecule has 0 aliphatic heterocycles. The molecule has 0 fully saturated rings. The molecule has 18 heavy (non-hydrogen) atoms. The van der Waals surface area contributed by atoms with Gasteiger partial charge in [-0.3, -0.25) is 4.79 Å². The van der Waals surface area contributed by atoms with Gasteiger partial charge < -0.3 is 16.0 Å². The average Bonchev–Trinajstić information content (AvgIpc) is 2.34. The van der Waals surface area contributed by atoms with E-state index in [2.05, 4.69) is 31.9 Å². The van der Waals surface area contributed by atoms with E-state index >= 15 is 0 Å². The lowest BCUT2D eigenvalue weighted by Gasteiger charge is -2.08. The van der Waals surface area contributed by atoms with Crippen molar-refractivity contribution in [3.05, 3.63) is 34.3 Å². The molecule has 3 amide bonds. The van der Waals surface area contributed by atoms with Crippen LogP contribution in [0.25, 0.3) is 0 Å². The predicted molar refractivity (Wildman–Crippen MR) is 73.1 cm³/mol. The van der Waals surface area contributed by atoms with Gasteiger partial charge in [0.25, 0.3) is 0 Å². The van der Waals surface area contributed by atoms with E-state index in [-0.39, 0.29) is 11.9 Å². The van der Waals surface area contributed by atoms with Crippen LogP contribution in [0.2, 0.25) is 0 Å². The molecule has 5 nitrogen and oxygen atoms in total. The van der Waals surface area contributed by atoms with Gasteiger partial charge in [-0.1, -0.05) is 28.1 Å². The van der Waals surface area contributed by atoms with Gasteiger partial charge in [-0.15, -0.1) is 0 Å². The number of carbonyl (C=O) groups excluding carboxylic acids is 2. The first-order chi connectivity index (χ1) is 8.58. The topological polar surface area (TPSA) is 70.2 Å². The fraction of sp³-hybridized carbons (Fsp3) is 0.333. The molecule has 0 radical (unpaired) electrons. The zero-order valence-corrected chi connectivity index (χ0v) is 11.7. The molecule has 0 aliphatic rings. The van der Waals surface area contributed by atoms with E-state index in [1.165, 1.54) is 6.92 Å². The van der Waals surface area contributed by atoms with Crippen molar-refractivity contribution in [1.82, 2.24) is 16.0 Å². The first kappa shape index (κ1) is 14.5. The molecule has 0 aromatic heterocycles. The standard InChI is InChI=1S/C12H16BrN3O2/c1-9(17)14-6-7-15-12(18)16-8-10-2-4-11(13)5-3-10/h2-5H,6-8H2,1H3,(H,14,17)(H2,15,16,18). The molecule has 3 N–H and O–H groups in total. The maximum atomic E-state index is 11.4. The van der Waals surface area contributed by atoms with Gasteiger partial charge in [0, 0.05) is 31.0 Å². The highest BCUT2D eigenvalue weighted by Crippen LogP contribution is 2.09. The summed E-state index contributed by atoms with van der Waals surface area (Å²) in [4.78, 5) is 22.0. The van der Waals surface area contributed by atoms with E-state index in [4.69, 9.17) is 0 Å². The second-order valence-electron chi connectivity index (χ2n) is 3.72. The second-order valence-corrected chi connectivity index (χ2v) is 4.63. The molecule has 0 heterocycles. The summed E-state index contributed by atoms with van der Waals surface area (Å²) in [5.74, 6) is -0.105. The van der Waals surface area contributed by atoms with Crippen LogP contribution in [0.1, 0.15) is 12.5 Å². The van der Waals surface area contributed by atoms with Crippen molar-refractivity contribution in [3.8, 4) is 0 Å². The smallest absolute Gasteiger partial charge is 0.315 e. The Morgan fingerprint density at radius 2 is 1.67 bits per heavy atom. The summed E-state index contributed by atoms with van der Waals surface area (Å²) >= 11 is 3.35. The van der Waals surface area contributed by atoms with Gasteiger partial charge in [0.15, 0.2) is 0 Å². The predicted octanol–water partition coefficient (Wildman–Crippen LogP) is 1.38. The number of nitrogens with one attached hydrogen (secondary N) is 3. The molecule has 0 spiro atoms. The molecule has 1 aromatic rings. The fourth-order valence-electron chi connectivity index (χ4n) is 1.26. The molecular weight excluding hydrogens is 298 g/mol. The van der Waals surface area contributed by atoms with E-state index in [0.29, 0.717) is 19.6 Å². The number of benzene rings is 1. The number of urea groups is 1. The van der Waals surface area contributed by atoms with Crippen LogP contribution in [0.15, 0.2) is 28.7 Å². The van der Waals surface area contributed by atoms with Crippen molar-refractivity contribution < 1.29 is 9.59 Å². The van der Waals surface area contributed by atoms with Crippen LogP contribution in [-0.2, 0) is 11.3 Å². The molecule has 6 heteroatoms. The minimum Gasteiger partial charge on any atom is -0.355 e. The van der Waals surface area contributed by atoms with Gasteiger partial charge >= 0.3 is 6.03 Å². The molecule has 0 saturated heterocycles. The number of amides is 3. The van der Waals surface area contributed by atoms with E-state index in [1.54, 1.807) is 0 Å². The molecule has 0 atom stereocenters. The van der Waals surface area contributed by atoms with Crippen molar-refractivity contribution >= 4 is 27.9 Å². The zero-order chi connectivity index (χ0) is 13.4. The molecule has 0 unspecified atom stereocenters. The summed E-state index contributed by atoms with van der Waals surface area (Å²) in [5.41, 5.74) is 1.02. The van der Waals surface area contributed by atoms with E-state index in [0.717, 1.165) is 10.0 Å². The van der Waals surface area contributed by atoms with Gasteiger partial charge in [0.1, 0.15) is 0 Å². The molecule has 98 valence electrons. The quantitative estimate of drug-likeness (QED) is 0.719. The number of hydrogen-bond acceptors (Lipinski definition) is 2. The number of rotatable bonds is 5. The monoisotopic (exact) mass is 313 g/mol. The van der Waals surface area contributed by atoms with E-state index in [1.807, 2.05) is 24.3 Å². The van der Waals surface area contributed by atoms with Crippen molar-refractivity contribution in [3.63, 3.8) is 0 Å². The lowest BCUT2D eigenvalue weighted by atomic mass is 10.2. The third-order valence-corrected chi connectivity index (χ3v) is 2.68. The molecule has 1 aromatic carbocycles. The SMILES string of the molecule is CC(=O)NCCNC(=O)NCc1ccc(Br)cc1. The van der Waals surface area contributed by atoms with Crippen molar-refractivity contribution in [1.29, 1.82) is 0 Å². The van der Waals surface area contributed by atoms with Gasteiger partial charge in [0.2, 0.25) is 5.91 Å². The first-order valence-electron chi connectivity index (χ1n) is 5.58. The third kappa shape index (κ3) is 6.24. The summed E-state index contributed by atoms with van der Waals surface area (Å²) in [5, 5.41) is 7.97. The minimum absolute atomic E-state index is 0.105. The van der Waals surface area contributed by atoms with Crippen LogP contribution in [0.4, 0.5) is 4.79 Å². The Hall–Kier alpha value is -1.56. The first-order valence-corrected chi connectivity index (χ1v) is 6.38. The lowest BCUT2D eigenvalue weighted by Crippen LogP contribution is -2.39. The fourth-order valence-corrected chi connectivity index (χ4v) is 1.53. The average molecular weight is 314 g/mol. The van der Waals surface area contributed by atoms with Crippen LogP contribution in [0.3, 0.4) is 0 Å². The van der Waals surface area contributed by atoms with Crippen molar-refractivity contribution in [2.24, 2.45) is 0 Å². The summed E-state index contributed by atoms with van der Waals surface area (Å²) in [6, 6.07) is 7.46. The molecule has 0 saturated carbocycles. The molecule has 0 aliphatic carbocycles. The highest BCUT2D eigenvalue weighted by molar-refractivity contribution is 9.10. The normalized spacial score (nSPS) is 9.67. The van der Waals surface area contributed by atoms with Gasteiger partial charge in [-0.05, 0) is 17.7 Å². The Labute approximate surface area is 114 Å². The lowest BCUT2D eigenvalue weighted by molar-refractivity contribution is -0.118. The van der Waals surface area contributed by atoms with Gasteiger partial charge in [-0.25, -0.2) is 4.79 Å². The van der Waals surface area contributed by atoms with Crippen molar-refractivity contribution in [2.45, 2.75) is 13.5 Å². The Bertz CT molecular complexity index is 406. The minimum atomic E-state index is -0.247. The summed E-state index contributed by atoms with van der Waals surface area (Å²) < 4.78 is 1.01. The Balaban J connectivity index is 2.17. The second kappa shape index (κ2) is 7.71. The highest BCUT2D eigenvalue weighted by atomic mass is 79.9. The Morgan fingerprint density at radius 1 is 1.06 bits per heavy atom. The number of halogens is 1. The highest BCUT2D eigenvalue weighted by Gasteiger charge is 1.99. The Morgan fingerprint density at radius 3 is 2.28 bits per heavy atom. The largest absolute Gasteiger partial charge is 0.355 e. The van der Waals surface area contributed by atoms with Crippen LogP contribution >= 0.6 is 15.9 Å². The number of hydrogen-bond donors (Lipinski definition) is 3. The summed E-state index contributed by atoms with van der Waals surface area (Å²) in [6.45, 7) is 2.75. The summed E-state index contributed by atoms with van der Waals surface area (Å²) in [7, 11) is 0. The van der Waals surface area contributed by atoms with Gasteiger partial charge in [-0.2, -0.15) is 0 Å². The van der Waals surface area contributed by atoms with Crippen LogP contribution in [-0.4, -0.2) is 25.0 Å². The Kier molecular flexibility index (Phi) is 6.21. The van der Waals surface area contributed by atoms with Gasteiger partial charge in [0.05, 0.1) is 0 Å². The van der Waals surface area contributed by atoms with Crippen LogP contribution in [0.5, 0.6) is 0 Å². The van der Waals surface area contributed by atoms with Crippen LogP contribution in [0, 0.1) is 0 Å². The third-order valence-electron chi connectivity index (χ3n) is 2.15. The van der Waals surface area contributed by atoms with Crippen LogP contribution < -0.4 is 16.0 Å². The maximum Gasteiger partial charge on any atom is 0.315 e. The van der Waals surface area contributed by atoms with E-state index in [9.17, 15) is 9.59 Å². The summed E-state index contributed by atoms with van der Waals surface area (Å²) in [6.07, 6.45) is 0. The maximum absolute atomic E-state index is 11.4. The zero-order valence-electron chi connectivity index (χ0n) is 10.1. The molecule has 0 bridgehead atoms. The molecular formula is C12H16BrN3O2. The van der Waals surface area contributed by atoms with E-state index < -0.39 is 0 Å². The van der Waals surface area contributed by atoms with Crippen molar-refractivity contribution in [2.75, 3.05) is 13.1 Å². The molecule has 1 rings (SSSR count). The number of carbonyl (C=O) groups is 2.